The maximum Gasteiger partial charge on any atom is 0.338 e. The Labute approximate surface area is 220 Å². The molecule has 188 valence electrons. The van der Waals surface area contributed by atoms with E-state index in [9.17, 15) is 9.59 Å². The Bertz CT molecular complexity index is 1230. The average molecular weight is 525 g/mol. The van der Waals surface area contributed by atoms with Crippen LogP contribution in [-0.4, -0.2) is 60.6 Å². The van der Waals surface area contributed by atoms with Crippen molar-refractivity contribution in [2.45, 2.75) is 19.4 Å². The minimum Gasteiger partial charge on any atom is -0.463 e. The molecule has 0 aromatic heterocycles. The first kappa shape index (κ1) is 26.0. The van der Waals surface area contributed by atoms with Crippen LogP contribution in [0, 0.1) is 0 Å². The number of esters is 1. The molecule has 0 saturated carbocycles. The predicted molar refractivity (Wildman–Crippen MR) is 145 cm³/mol. The van der Waals surface area contributed by atoms with E-state index in [-0.39, 0.29) is 18.9 Å². The quantitative estimate of drug-likeness (QED) is 0.480. The number of thioether (sulfide) groups is 1. The molecule has 0 aliphatic carbocycles. The van der Waals surface area contributed by atoms with Gasteiger partial charge >= 0.3 is 5.97 Å². The number of carbonyl (C=O) groups excluding carboxylic acids is 2. The van der Waals surface area contributed by atoms with Gasteiger partial charge in [0.25, 0.3) is 0 Å². The molecule has 1 amide bonds. The van der Waals surface area contributed by atoms with Crippen molar-refractivity contribution in [3.63, 3.8) is 0 Å². The van der Waals surface area contributed by atoms with Crippen LogP contribution in [0.25, 0.3) is 5.70 Å². The van der Waals surface area contributed by atoms with Crippen LogP contribution in [0.3, 0.4) is 0 Å². The standard InChI is InChI=1S/C27H29ClN4O3S/c1-4-35-26(34)23-24(18-9-6-5-7-10-18)30-27-32(25(23)19-11-8-12-20(28)15-19)21(17-36-27)16-22(33)29-13-14-31(2)3/h5-12,15,17,25H,4,13-14,16H2,1-3H3,(H,29,33). The van der Waals surface area contributed by atoms with Crippen molar-refractivity contribution in [2.75, 3.05) is 33.8 Å². The fourth-order valence-electron chi connectivity index (χ4n) is 4.13. The zero-order valence-corrected chi connectivity index (χ0v) is 22.1. The number of rotatable bonds is 9. The van der Waals surface area contributed by atoms with Crippen molar-refractivity contribution in [3.8, 4) is 0 Å². The number of aliphatic imine (C=N–C) groups is 1. The third-order valence-electron chi connectivity index (χ3n) is 5.74. The van der Waals surface area contributed by atoms with Gasteiger partial charge in [-0.25, -0.2) is 9.79 Å². The number of hydrogen-bond donors (Lipinski definition) is 1. The topological polar surface area (TPSA) is 74.2 Å². The number of hydrogen-bond acceptors (Lipinski definition) is 7. The number of nitrogens with one attached hydrogen (secondary N) is 1. The minimum absolute atomic E-state index is 0.0923. The van der Waals surface area contributed by atoms with Gasteiger partial charge in [0, 0.05) is 29.4 Å². The normalized spacial score (nSPS) is 17.0. The third-order valence-corrected chi connectivity index (χ3v) is 6.86. The first-order chi connectivity index (χ1) is 17.4. The van der Waals surface area contributed by atoms with E-state index in [2.05, 4.69) is 5.32 Å². The number of benzene rings is 2. The number of ether oxygens (including phenoxy) is 1. The Hall–Kier alpha value is -3.07. The summed E-state index contributed by atoms with van der Waals surface area (Å²) in [7, 11) is 3.92. The van der Waals surface area contributed by atoms with Crippen LogP contribution in [-0.2, 0) is 14.3 Å². The van der Waals surface area contributed by atoms with Crippen molar-refractivity contribution in [2.24, 2.45) is 4.99 Å². The monoisotopic (exact) mass is 524 g/mol. The highest BCUT2D eigenvalue weighted by atomic mass is 35.5. The summed E-state index contributed by atoms with van der Waals surface area (Å²) < 4.78 is 5.52. The molecule has 0 bridgehead atoms. The Balaban J connectivity index is 1.78. The molecule has 7 nitrogen and oxygen atoms in total. The van der Waals surface area contributed by atoms with Crippen LogP contribution in [0.1, 0.15) is 30.5 Å². The number of carbonyl (C=O) groups is 2. The Kier molecular flexibility index (Phi) is 8.51. The Morgan fingerprint density at radius 1 is 1.17 bits per heavy atom. The molecule has 0 radical (unpaired) electrons. The van der Waals surface area contributed by atoms with Crippen LogP contribution in [0.4, 0.5) is 0 Å². The molecule has 1 N–H and O–H groups in total. The summed E-state index contributed by atoms with van der Waals surface area (Å²) in [6, 6.07) is 16.5. The smallest absolute Gasteiger partial charge is 0.338 e. The molecule has 0 saturated heterocycles. The van der Waals surface area contributed by atoms with E-state index in [1.54, 1.807) is 13.0 Å². The fraction of sp³-hybridized carbons (Fsp3) is 0.296. The summed E-state index contributed by atoms with van der Waals surface area (Å²) in [5.74, 6) is -0.541. The van der Waals surface area contributed by atoms with Crippen LogP contribution >= 0.6 is 23.4 Å². The highest BCUT2D eigenvalue weighted by molar-refractivity contribution is 8.16. The summed E-state index contributed by atoms with van der Waals surface area (Å²) in [4.78, 5) is 35.1. The van der Waals surface area contributed by atoms with E-state index in [1.165, 1.54) is 11.8 Å². The average Bonchev–Trinajstić information content (AvgIpc) is 3.25. The molecule has 1 unspecified atom stereocenters. The van der Waals surface area contributed by atoms with Gasteiger partial charge in [-0.05, 0) is 44.1 Å². The first-order valence-corrected chi connectivity index (χ1v) is 13.0. The molecule has 2 aromatic rings. The molecule has 36 heavy (non-hydrogen) atoms. The summed E-state index contributed by atoms with van der Waals surface area (Å²) in [5, 5.41) is 6.15. The minimum atomic E-state index is -0.554. The van der Waals surface area contributed by atoms with Gasteiger partial charge in [0.05, 0.1) is 30.3 Å². The van der Waals surface area contributed by atoms with Gasteiger partial charge in [-0.3, -0.25) is 4.79 Å². The fourth-order valence-corrected chi connectivity index (χ4v) is 5.24. The number of amidine groups is 1. The highest BCUT2D eigenvalue weighted by Crippen LogP contribution is 2.47. The molecule has 4 rings (SSSR count). The van der Waals surface area contributed by atoms with E-state index in [1.807, 2.05) is 77.8 Å². The van der Waals surface area contributed by atoms with E-state index < -0.39 is 12.0 Å². The maximum absolute atomic E-state index is 13.5. The van der Waals surface area contributed by atoms with Crippen molar-refractivity contribution in [1.29, 1.82) is 0 Å². The lowest BCUT2D eigenvalue weighted by Crippen LogP contribution is -2.38. The van der Waals surface area contributed by atoms with Crippen molar-refractivity contribution >= 4 is 46.1 Å². The molecular formula is C27H29ClN4O3S. The second kappa shape index (κ2) is 11.8. The number of halogens is 1. The second-order valence-corrected chi connectivity index (χ2v) is 9.90. The first-order valence-electron chi connectivity index (χ1n) is 11.8. The number of fused-ring (bicyclic) bond motifs is 1. The molecule has 0 spiro atoms. The Morgan fingerprint density at radius 2 is 1.94 bits per heavy atom. The molecular weight excluding hydrogens is 496 g/mol. The number of likely N-dealkylation sites (N-methyl/N-ethyl adjacent to an activating group) is 1. The van der Waals surface area contributed by atoms with Gasteiger partial charge in [0.1, 0.15) is 0 Å². The summed E-state index contributed by atoms with van der Waals surface area (Å²) in [5.41, 5.74) is 3.36. The number of nitrogens with zero attached hydrogens (tertiary/aromatic N) is 3. The Morgan fingerprint density at radius 3 is 2.64 bits per heavy atom. The summed E-state index contributed by atoms with van der Waals surface area (Å²) in [6.45, 7) is 3.31. The molecule has 2 heterocycles. The second-order valence-electron chi connectivity index (χ2n) is 8.63. The van der Waals surface area contributed by atoms with Gasteiger partial charge in [-0.2, -0.15) is 0 Å². The van der Waals surface area contributed by atoms with E-state index in [0.717, 1.165) is 23.4 Å². The predicted octanol–water partition coefficient (Wildman–Crippen LogP) is 4.68. The molecule has 2 aliphatic rings. The summed E-state index contributed by atoms with van der Waals surface area (Å²) >= 11 is 7.82. The largest absolute Gasteiger partial charge is 0.463 e. The van der Waals surface area contributed by atoms with Gasteiger partial charge in [-0.1, -0.05) is 65.8 Å². The maximum atomic E-state index is 13.5. The SMILES string of the molecule is CCOC(=O)C1=C(c2ccccc2)N=C2SC=C(CC(=O)NCCN(C)C)N2C1c1cccc(Cl)c1. The molecule has 2 aromatic carbocycles. The third kappa shape index (κ3) is 5.83. The van der Waals surface area contributed by atoms with Gasteiger partial charge < -0.3 is 19.9 Å². The lowest BCUT2D eigenvalue weighted by Gasteiger charge is -2.36. The zero-order chi connectivity index (χ0) is 25.7. The van der Waals surface area contributed by atoms with Gasteiger partial charge in [-0.15, -0.1) is 0 Å². The lowest BCUT2D eigenvalue weighted by atomic mass is 9.91. The van der Waals surface area contributed by atoms with Crippen molar-refractivity contribution < 1.29 is 14.3 Å². The zero-order valence-electron chi connectivity index (χ0n) is 20.5. The van der Waals surface area contributed by atoms with Crippen LogP contribution in [0.2, 0.25) is 5.02 Å². The highest BCUT2D eigenvalue weighted by Gasteiger charge is 2.42. The van der Waals surface area contributed by atoms with Crippen LogP contribution in [0.15, 0.2) is 76.3 Å². The van der Waals surface area contributed by atoms with Crippen molar-refractivity contribution in [3.05, 3.63) is 87.4 Å². The molecule has 2 aliphatic heterocycles. The van der Waals surface area contributed by atoms with Crippen LogP contribution in [0.5, 0.6) is 0 Å². The van der Waals surface area contributed by atoms with Crippen LogP contribution < -0.4 is 5.32 Å². The molecule has 0 fully saturated rings. The number of amides is 1. The molecule has 9 heteroatoms. The van der Waals surface area contributed by atoms with E-state index in [4.69, 9.17) is 21.3 Å². The van der Waals surface area contributed by atoms with Gasteiger partial charge in [0.15, 0.2) is 5.17 Å². The lowest BCUT2D eigenvalue weighted by molar-refractivity contribution is -0.139. The van der Waals surface area contributed by atoms with E-state index in [0.29, 0.717) is 28.0 Å². The van der Waals surface area contributed by atoms with E-state index >= 15 is 0 Å². The van der Waals surface area contributed by atoms with Crippen molar-refractivity contribution in [1.82, 2.24) is 15.1 Å². The van der Waals surface area contributed by atoms with Gasteiger partial charge in [0.2, 0.25) is 5.91 Å². The summed E-state index contributed by atoms with van der Waals surface area (Å²) in [6.07, 6.45) is 0.160. The molecule has 1 atom stereocenters.